The lowest BCUT2D eigenvalue weighted by atomic mass is 9.70. The highest BCUT2D eigenvalue weighted by atomic mass is 32.1. The lowest BCUT2D eigenvalue weighted by Crippen LogP contribution is -2.42. The highest BCUT2D eigenvalue weighted by Crippen LogP contribution is 2.39. The van der Waals surface area contributed by atoms with Crippen LogP contribution in [-0.4, -0.2) is 22.4 Å². The molecule has 1 amide bonds. The van der Waals surface area contributed by atoms with Gasteiger partial charge in [-0.25, -0.2) is 4.98 Å². The fourth-order valence-electron chi connectivity index (χ4n) is 3.58. The molecule has 1 fully saturated rings. The Morgan fingerprint density at radius 1 is 1.31 bits per heavy atom. The highest BCUT2D eigenvalue weighted by molar-refractivity contribution is 7.13. The van der Waals surface area contributed by atoms with E-state index in [1.807, 2.05) is 12.1 Å². The van der Waals surface area contributed by atoms with Crippen molar-refractivity contribution in [2.75, 3.05) is 6.54 Å². The number of pyridine rings is 1. The van der Waals surface area contributed by atoms with Crippen LogP contribution in [0.5, 0.6) is 0 Å². The molecule has 0 bridgehead atoms. The second-order valence-electron chi connectivity index (χ2n) is 6.67. The second kappa shape index (κ2) is 7.34. The normalized spacial score (nSPS) is 17.1. The van der Waals surface area contributed by atoms with Gasteiger partial charge in [0.05, 0.1) is 5.01 Å². The molecule has 0 unspecified atom stereocenters. The standard InChI is InChI=1S/C18H20F3N3OS/c1-12-24-15(18(19,20)21)14(26-12)16(25)23-11-17(7-3-2-4-8-17)13-6-5-9-22-10-13/h5-6,9-10H,2-4,7-8,11H2,1H3,(H,23,25). The number of carbonyl (C=O) groups is 1. The van der Waals surface area contributed by atoms with Crippen molar-refractivity contribution >= 4 is 17.2 Å². The number of halogens is 3. The van der Waals surface area contributed by atoms with Crippen LogP contribution in [0.15, 0.2) is 24.5 Å². The van der Waals surface area contributed by atoms with E-state index >= 15 is 0 Å². The van der Waals surface area contributed by atoms with Gasteiger partial charge in [-0.05, 0) is 31.4 Å². The lowest BCUT2D eigenvalue weighted by molar-refractivity contribution is -0.141. The molecule has 140 valence electrons. The summed E-state index contributed by atoms with van der Waals surface area (Å²) in [5.41, 5.74) is -0.353. The number of aryl methyl sites for hydroxylation is 1. The van der Waals surface area contributed by atoms with Gasteiger partial charge in [-0.15, -0.1) is 11.3 Å². The molecule has 0 aromatic carbocycles. The summed E-state index contributed by atoms with van der Waals surface area (Å²) in [5, 5.41) is 2.96. The maximum atomic E-state index is 13.1. The molecule has 0 radical (unpaired) electrons. The average Bonchev–Trinajstić information content (AvgIpc) is 3.04. The summed E-state index contributed by atoms with van der Waals surface area (Å²) in [5.74, 6) is -0.711. The van der Waals surface area contributed by atoms with Crippen LogP contribution in [0.25, 0.3) is 0 Å². The van der Waals surface area contributed by atoms with Gasteiger partial charge in [0.25, 0.3) is 5.91 Å². The van der Waals surface area contributed by atoms with Crippen molar-refractivity contribution in [1.82, 2.24) is 15.3 Å². The van der Waals surface area contributed by atoms with Crippen LogP contribution in [0, 0.1) is 6.92 Å². The maximum absolute atomic E-state index is 13.1. The fraction of sp³-hybridized carbons (Fsp3) is 0.500. The summed E-state index contributed by atoms with van der Waals surface area (Å²) in [6.07, 6.45) is 3.78. The van der Waals surface area contributed by atoms with E-state index in [9.17, 15) is 18.0 Å². The van der Waals surface area contributed by atoms with Crippen molar-refractivity contribution < 1.29 is 18.0 Å². The number of thiazole rings is 1. The first-order chi connectivity index (χ1) is 12.3. The second-order valence-corrected chi connectivity index (χ2v) is 7.88. The van der Waals surface area contributed by atoms with E-state index in [0.717, 1.165) is 49.0 Å². The molecule has 2 aromatic rings. The first kappa shape index (κ1) is 18.8. The Morgan fingerprint density at radius 2 is 2.04 bits per heavy atom. The van der Waals surface area contributed by atoms with Gasteiger partial charge >= 0.3 is 6.18 Å². The van der Waals surface area contributed by atoms with Gasteiger partial charge in [0.1, 0.15) is 4.88 Å². The van der Waals surface area contributed by atoms with Crippen molar-refractivity contribution in [3.63, 3.8) is 0 Å². The van der Waals surface area contributed by atoms with Gasteiger partial charge in [-0.1, -0.05) is 25.3 Å². The fourth-order valence-corrected chi connectivity index (χ4v) is 4.43. The predicted octanol–water partition coefficient (Wildman–Crippen LogP) is 4.50. The molecular formula is C18H20F3N3OS. The summed E-state index contributed by atoms with van der Waals surface area (Å²) < 4.78 is 39.3. The topological polar surface area (TPSA) is 54.9 Å². The van der Waals surface area contributed by atoms with Gasteiger partial charge in [0, 0.05) is 24.4 Å². The van der Waals surface area contributed by atoms with Crippen LogP contribution in [0.3, 0.4) is 0 Å². The van der Waals surface area contributed by atoms with E-state index in [0.29, 0.717) is 6.54 Å². The monoisotopic (exact) mass is 383 g/mol. The van der Waals surface area contributed by atoms with Crippen molar-refractivity contribution in [2.24, 2.45) is 0 Å². The molecule has 0 aliphatic heterocycles. The van der Waals surface area contributed by atoms with Gasteiger partial charge < -0.3 is 5.32 Å². The molecule has 8 heteroatoms. The molecule has 26 heavy (non-hydrogen) atoms. The molecule has 0 saturated heterocycles. The number of amides is 1. The summed E-state index contributed by atoms with van der Waals surface area (Å²) in [6.45, 7) is 1.76. The number of carbonyl (C=O) groups excluding carboxylic acids is 1. The zero-order valence-corrected chi connectivity index (χ0v) is 15.2. The van der Waals surface area contributed by atoms with E-state index in [2.05, 4.69) is 15.3 Å². The molecule has 1 aliphatic rings. The van der Waals surface area contributed by atoms with Crippen LogP contribution in [0.4, 0.5) is 13.2 Å². The number of alkyl halides is 3. The first-order valence-electron chi connectivity index (χ1n) is 8.55. The summed E-state index contributed by atoms with van der Waals surface area (Å²) in [4.78, 5) is 19.8. The molecule has 0 spiro atoms. The third-order valence-electron chi connectivity index (χ3n) is 4.88. The molecule has 3 rings (SSSR count). The molecular weight excluding hydrogens is 363 g/mol. The third kappa shape index (κ3) is 3.90. The molecule has 2 aromatic heterocycles. The Kier molecular flexibility index (Phi) is 5.32. The lowest BCUT2D eigenvalue weighted by Gasteiger charge is -2.37. The number of rotatable bonds is 4. The molecule has 1 aliphatic carbocycles. The van der Waals surface area contributed by atoms with Gasteiger partial charge in [0.15, 0.2) is 5.69 Å². The summed E-state index contributed by atoms with van der Waals surface area (Å²) >= 11 is 0.775. The number of hydrogen-bond donors (Lipinski definition) is 1. The Bertz CT molecular complexity index is 768. The molecule has 0 atom stereocenters. The van der Waals surface area contributed by atoms with Crippen LogP contribution < -0.4 is 5.32 Å². The van der Waals surface area contributed by atoms with Gasteiger partial charge in [0.2, 0.25) is 0 Å². The van der Waals surface area contributed by atoms with E-state index in [4.69, 9.17) is 0 Å². The van der Waals surface area contributed by atoms with Crippen LogP contribution >= 0.6 is 11.3 Å². The third-order valence-corrected chi connectivity index (χ3v) is 5.85. The maximum Gasteiger partial charge on any atom is 0.435 e. The smallest absolute Gasteiger partial charge is 0.350 e. The quantitative estimate of drug-likeness (QED) is 0.846. The average molecular weight is 383 g/mol. The Morgan fingerprint density at radius 3 is 2.65 bits per heavy atom. The minimum absolute atomic E-state index is 0.224. The van der Waals surface area contributed by atoms with E-state index < -0.39 is 17.8 Å². The van der Waals surface area contributed by atoms with Crippen LogP contribution in [0.2, 0.25) is 0 Å². The van der Waals surface area contributed by atoms with Crippen molar-refractivity contribution in [3.05, 3.63) is 45.7 Å². The molecule has 4 nitrogen and oxygen atoms in total. The highest BCUT2D eigenvalue weighted by Gasteiger charge is 2.40. The molecule has 1 saturated carbocycles. The summed E-state index contributed by atoms with van der Waals surface area (Å²) in [6, 6.07) is 3.82. The Labute approximate surface area is 153 Å². The van der Waals surface area contributed by atoms with E-state index in [1.165, 1.54) is 6.92 Å². The largest absolute Gasteiger partial charge is 0.435 e. The predicted molar refractivity (Wildman–Crippen MR) is 93.2 cm³/mol. The van der Waals surface area contributed by atoms with Gasteiger partial charge in [-0.2, -0.15) is 13.2 Å². The number of aromatic nitrogens is 2. The van der Waals surface area contributed by atoms with Gasteiger partial charge in [-0.3, -0.25) is 9.78 Å². The Hall–Kier alpha value is -1.96. The number of nitrogens with one attached hydrogen (secondary N) is 1. The zero-order valence-electron chi connectivity index (χ0n) is 14.4. The first-order valence-corrected chi connectivity index (χ1v) is 9.37. The van der Waals surface area contributed by atoms with Crippen molar-refractivity contribution in [2.45, 2.75) is 50.6 Å². The van der Waals surface area contributed by atoms with Crippen molar-refractivity contribution in [3.8, 4) is 0 Å². The van der Waals surface area contributed by atoms with E-state index in [1.54, 1.807) is 12.4 Å². The molecule has 2 heterocycles. The SMILES string of the molecule is Cc1nc(C(F)(F)F)c(C(=O)NCC2(c3cccnc3)CCCCC2)s1. The zero-order chi connectivity index (χ0) is 18.8. The van der Waals surface area contributed by atoms with E-state index in [-0.39, 0.29) is 15.3 Å². The molecule has 1 N–H and O–H groups in total. The van der Waals surface area contributed by atoms with Crippen LogP contribution in [0.1, 0.15) is 58.0 Å². The van der Waals surface area contributed by atoms with Crippen LogP contribution in [-0.2, 0) is 11.6 Å². The van der Waals surface area contributed by atoms with Crippen molar-refractivity contribution in [1.29, 1.82) is 0 Å². The number of nitrogens with zero attached hydrogens (tertiary/aromatic N) is 2. The Balaban J connectivity index is 1.81. The number of hydrogen-bond acceptors (Lipinski definition) is 4. The minimum Gasteiger partial charge on any atom is -0.350 e. The minimum atomic E-state index is -4.64. The summed E-state index contributed by atoms with van der Waals surface area (Å²) in [7, 11) is 0.